The molecule has 1 saturated carbocycles. The molecule has 1 aliphatic rings. The first-order valence-corrected chi connectivity index (χ1v) is 7.64. The maximum atomic E-state index is 9.05. The molecule has 0 saturated heterocycles. The summed E-state index contributed by atoms with van der Waals surface area (Å²) in [6, 6.07) is 7.67. The van der Waals surface area contributed by atoms with Crippen LogP contribution in [0.25, 0.3) is 0 Å². The molecule has 0 spiro atoms. The van der Waals surface area contributed by atoms with Crippen molar-refractivity contribution in [2.75, 3.05) is 0 Å². The van der Waals surface area contributed by atoms with Crippen molar-refractivity contribution in [3.8, 4) is 0 Å². The van der Waals surface area contributed by atoms with Gasteiger partial charge in [-0.15, -0.1) is 0 Å². The molecule has 1 fully saturated rings. The molecule has 1 aliphatic carbocycles. The quantitative estimate of drug-likeness (QED) is 0.798. The van der Waals surface area contributed by atoms with E-state index in [0.717, 1.165) is 18.3 Å². The number of hydrogen-bond donors (Lipinski definition) is 2. The third-order valence-electron chi connectivity index (χ3n) is 4.66. The zero-order valence-corrected chi connectivity index (χ0v) is 11.9. The summed E-state index contributed by atoms with van der Waals surface area (Å²) < 4.78 is 0. The van der Waals surface area contributed by atoms with Crippen molar-refractivity contribution in [3.63, 3.8) is 0 Å². The van der Waals surface area contributed by atoms with Crippen LogP contribution in [0.2, 0.25) is 0 Å². The largest absolute Gasteiger partial charge is 0.488 e. The van der Waals surface area contributed by atoms with Crippen LogP contribution in [0.3, 0.4) is 0 Å². The summed E-state index contributed by atoms with van der Waals surface area (Å²) in [6.45, 7) is 2.31. The predicted molar refractivity (Wildman–Crippen MR) is 80.3 cm³/mol. The minimum Gasteiger partial charge on any atom is -0.423 e. The van der Waals surface area contributed by atoms with Gasteiger partial charge in [-0.3, -0.25) is 0 Å². The number of benzene rings is 1. The van der Waals surface area contributed by atoms with Crippen LogP contribution in [0.4, 0.5) is 0 Å². The van der Waals surface area contributed by atoms with Crippen LogP contribution in [-0.4, -0.2) is 17.2 Å². The number of hydrogen-bond acceptors (Lipinski definition) is 2. The van der Waals surface area contributed by atoms with Crippen LogP contribution in [0, 0.1) is 11.8 Å². The Labute approximate surface area is 117 Å². The molecule has 0 bridgehead atoms. The zero-order chi connectivity index (χ0) is 13.7. The van der Waals surface area contributed by atoms with Gasteiger partial charge in [0.15, 0.2) is 0 Å². The third-order valence-corrected chi connectivity index (χ3v) is 4.66. The van der Waals surface area contributed by atoms with E-state index in [2.05, 4.69) is 6.92 Å². The molecule has 0 aromatic heterocycles. The van der Waals surface area contributed by atoms with Gasteiger partial charge in [0.1, 0.15) is 0 Å². The maximum Gasteiger partial charge on any atom is 0.488 e. The van der Waals surface area contributed by atoms with E-state index in [4.69, 9.17) is 10.0 Å². The molecule has 1 aromatic carbocycles. The molecule has 2 rings (SSSR count). The second kappa shape index (κ2) is 7.11. The molecule has 2 nitrogen and oxygen atoms in total. The van der Waals surface area contributed by atoms with Gasteiger partial charge in [0.25, 0.3) is 0 Å². The molecular formula is C16H25BO2. The Morgan fingerprint density at radius 3 is 2.11 bits per heavy atom. The van der Waals surface area contributed by atoms with E-state index in [0.29, 0.717) is 5.46 Å². The summed E-state index contributed by atoms with van der Waals surface area (Å²) in [5, 5.41) is 18.1. The molecule has 2 N–H and O–H groups in total. The highest BCUT2D eigenvalue weighted by molar-refractivity contribution is 6.58. The van der Waals surface area contributed by atoms with Gasteiger partial charge in [-0.25, -0.2) is 0 Å². The van der Waals surface area contributed by atoms with Gasteiger partial charge in [-0.2, -0.15) is 0 Å². The third kappa shape index (κ3) is 4.36. The Morgan fingerprint density at radius 2 is 1.58 bits per heavy atom. The van der Waals surface area contributed by atoms with Crippen LogP contribution < -0.4 is 5.46 Å². The van der Waals surface area contributed by atoms with Crippen molar-refractivity contribution in [1.29, 1.82) is 0 Å². The second-order valence-corrected chi connectivity index (χ2v) is 5.95. The van der Waals surface area contributed by atoms with E-state index >= 15 is 0 Å². The van der Waals surface area contributed by atoms with E-state index in [9.17, 15) is 0 Å². The molecule has 0 atom stereocenters. The Balaban J connectivity index is 1.76. The first-order chi connectivity index (χ1) is 9.19. The lowest BCUT2D eigenvalue weighted by molar-refractivity contribution is 0.259. The lowest BCUT2D eigenvalue weighted by Gasteiger charge is -2.27. The molecule has 0 aliphatic heterocycles. The van der Waals surface area contributed by atoms with Crippen LogP contribution in [0.1, 0.15) is 51.0 Å². The number of aryl methyl sites for hydroxylation is 1. The Hall–Kier alpha value is -0.795. The van der Waals surface area contributed by atoms with Crippen molar-refractivity contribution >= 4 is 12.6 Å². The first-order valence-electron chi connectivity index (χ1n) is 7.64. The monoisotopic (exact) mass is 260 g/mol. The van der Waals surface area contributed by atoms with Crippen molar-refractivity contribution in [1.82, 2.24) is 0 Å². The normalized spacial score (nSPS) is 23.3. The predicted octanol–water partition coefficient (Wildman–Crippen LogP) is 2.52. The van der Waals surface area contributed by atoms with Gasteiger partial charge in [-0.1, -0.05) is 63.3 Å². The molecule has 0 heterocycles. The van der Waals surface area contributed by atoms with Crippen molar-refractivity contribution in [2.45, 2.75) is 51.9 Å². The van der Waals surface area contributed by atoms with Crippen molar-refractivity contribution < 1.29 is 10.0 Å². The van der Waals surface area contributed by atoms with E-state index in [1.165, 1.54) is 44.1 Å². The van der Waals surface area contributed by atoms with Crippen molar-refractivity contribution in [2.24, 2.45) is 11.8 Å². The second-order valence-electron chi connectivity index (χ2n) is 5.95. The summed E-state index contributed by atoms with van der Waals surface area (Å²) >= 11 is 0. The van der Waals surface area contributed by atoms with Gasteiger partial charge < -0.3 is 10.0 Å². The average molecular weight is 260 g/mol. The first kappa shape index (κ1) is 14.6. The average Bonchev–Trinajstić information content (AvgIpc) is 2.46. The number of rotatable bonds is 5. The van der Waals surface area contributed by atoms with Crippen LogP contribution in [0.5, 0.6) is 0 Å². The molecule has 0 amide bonds. The topological polar surface area (TPSA) is 40.5 Å². The fourth-order valence-electron chi connectivity index (χ4n) is 3.16. The fraction of sp³-hybridized carbons (Fsp3) is 0.625. The summed E-state index contributed by atoms with van der Waals surface area (Å²) in [5.74, 6) is 1.87. The minimum atomic E-state index is -1.35. The van der Waals surface area contributed by atoms with Gasteiger partial charge in [-0.05, 0) is 35.7 Å². The highest BCUT2D eigenvalue weighted by Crippen LogP contribution is 2.32. The fourth-order valence-corrected chi connectivity index (χ4v) is 3.16. The molecule has 1 aromatic rings. The van der Waals surface area contributed by atoms with E-state index in [1.807, 2.05) is 24.3 Å². The van der Waals surface area contributed by atoms with Crippen molar-refractivity contribution in [3.05, 3.63) is 29.8 Å². The Morgan fingerprint density at radius 1 is 1.00 bits per heavy atom. The smallest absolute Gasteiger partial charge is 0.423 e. The lowest BCUT2D eigenvalue weighted by atomic mass is 9.78. The SMILES string of the molecule is CCC1CCC(CCc2ccc(B(O)O)cc2)CC1. The Kier molecular flexibility index (Phi) is 5.47. The van der Waals surface area contributed by atoms with Gasteiger partial charge >= 0.3 is 7.12 Å². The standard InChI is InChI=1S/C16H25BO2/c1-2-13-3-5-14(6-4-13)7-8-15-9-11-16(12-10-15)17(18)19/h9-14,18-19H,2-8H2,1H3. The molecule has 19 heavy (non-hydrogen) atoms. The summed E-state index contributed by atoms with van der Waals surface area (Å²) in [4.78, 5) is 0. The van der Waals surface area contributed by atoms with Crippen LogP contribution in [-0.2, 0) is 6.42 Å². The molecule has 0 radical (unpaired) electrons. The van der Waals surface area contributed by atoms with Gasteiger partial charge in [0, 0.05) is 0 Å². The van der Waals surface area contributed by atoms with E-state index in [-0.39, 0.29) is 0 Å². The van der Waals surface area contributed by atoms with Crippen LogP contribution >= 0.6 is 0 Å². The molecule has 104 valence electrons. The summed E-state index contributed by atoms with van der Waals surface area (Å²) in [6.07, 6.45) is 9.35. The van der Waals surface area contributed by atoms with E-state index in [1.54, 1.807) is 0 Å². The molecular weight excluding hydrogens is 235 g/mol. The maximum absolute atomic E-state index is 9.05. The highest BCUT2D eigenvalue weighted by Gasteiger charge is 2.19. The van der Waals surface area contributed by atoms with Crippen LogP contribution in [0.15, 0.2) is 24.3 Å². The summed E-state index contributed by atoms with van der Waals surface area (Å²) in [7, 11) is -1.35. The molecule has 0 unspecified atom stereocenters. The molecule has 3 heteroatoms. The minimum absolute atomic E-state index is 0.576. The summed E-state index contributed by atoms with van der Waals surface area (Å²) in [5.41, 5.74) is 1.88. The van der Waals surface area contributed by atoms with Gasteiger partial charge in [0.2, 0.25) is 0 Å². The lowest BCUT2D eigenvalue weighted by Crippen LogP contribution is -2.29. The van der Waals surface area contributed by atoms with E-state index < -0.39 is 7.12 Å². The highest BCUT2D eigenvalue weighted by atomic mass is 16.4. The Bertz CT molecular complexity index is 367. The van der Waals surface area contributed by atoms with Gasteiger partial charge in [0.05, 0.1) is 0 Å². The zero-order valence-electron chi connectivity index (χ0n) is 11.9.